The predicted molar refractivity (Wildman–Crippen MR) is 141 cm³/mol. The van der Waals surface area contributed by atoms with Crippen molar-refractivity contribution in [2.45, 2.75) is 58.1 Å². The van der Waals surface area contributed by atoms with Gasteiger partial charge in [-0.05, 0) is 38.8 Å². The fourth-order valence-electron chi connectivity index (χ4n) is 4.31. The molecule has 2 amide bonds. The summed E-state index contributed by atoms with van der Waals surface area (Å²) < 4.78 is 7.57. The van der Waals surface area contributed by atoms with Crippen LogP contribution in [0.15, 0.2) is 30.6 Å². The second kappa shape index (κ2) is 12.1. The molecule has 1 unspecified atom stereocenters. The van der Waals surface area contributed by atoms with Crippen LogP contribution in [0, 0.1) is 0 Å². The van der Waals surface area contributed by atoms with Crippen molar-refractivity contribution in [3.63, 3.8) is 0 Å². The van der Waals surface area contributed by atoms with E-state index in [-0.39, 0.29) is 11.9 Å². The highest BCUT2D eigenvalue weighted by atomic mass is 16.5. The Morgan fingerprint density at radius 2 is 1.95 bits per heavy atom. The summed E-state index contributed by atoms with van der Waals surface area (Å²) in [6.07, 6.45) is 3.34. The molecule has 1 aromatic carbocycles. The molecular weight excluding hydrogens is 474 g/mol. The van der Waals surface area contributed by atoms with Gasteiger partial charge in [-0.15, -0.1) is 0 Å². The zero-order valence-corrected chi connectivity index (χ0v) is 21.4. The first kappa shape index (κ1) is 26.5. The van der Waals surface area contributed by atoms with Crippen molar-refractivity contribution in [3.05, 3.63) is 30.6 Å². The molecule has 1 fully saturated rings. The number of aliphatic hydroxyl groups is 1. The van der Waals surface area contributed by atoms with Crippen LogP contribution in [-0.4, -0.2) is 68.8 Å². The molecule has 2 aromatic heterocycles. The summed E-state index contributed by atoms with van der Waals surface area (Å²) in [5.74, 6) is 0.543. The molecular formula is C26H35N7O4. The molecule has 11 heteroatoms. The molecule has 3 heterocycles. The highest BCUT2D eigenvalue weighted by Gasteiger charge is 2.22. The number of hydrogen-bond donors (Lipinski definition) is 3. The van der Waals surface area contributed by atoms with Gasteiger partial charge in [0.05, 0.1) is 19.5 Å². The van der Waals surface area contributed by atoms with Crippen LogP contribution in [0.2, 0.25) is 0 Å². The number of benzene rings is 1. The van der Waals surface area contributed by atoms with Gasteiger partial charge in [0.25, 0.3) is 0 Å². The van der Waals surface area contributed by atoms with Crippen molar-refractivity contribution < 1.29 is 19.4 Å². The van der Waals surface area contributed by atoms with Crippen LogP contribution in [0.4, 0.5) is 11.5 Å². The molecule has 0 aliphatic carbocycles. The van der Waals surface area contributed by atoms with Crippen molar-refractivity contribution >= 4 is 34.5 Å². The Bertz CT molecular complexity index is 1240. The van der Waals surface area contributed by atoms with Gasteiger partial charge in [0.2, 0.25) is 11.8 Å². The number of nitrogens with zero attached hydrogens (tertiary/aromatic N) is 5. The molecule has 3 aromatic rings. The van der Waals surface area contributed by atoms with Gasteiger partial charge in [0, 0.05) is 36.8 Å². The minimum atomic E-state index is -1.12. The van der Waals surface area contributed by atoms with Crippen LogP contribution in [0.3, 0.4) is 0 Å². The molecule has 4 N–H and O–H groups in total. The van der Waals surface area contributed by atoms with Crippen LogP contribution >= 0.6 is 0 Å². The summed E-state index contributed by atoms with van der Waals surface area (Å²) in [4.78, 5) is 40.0. The number of carbonyl (C=O) groups is 2. The number of amides is 2. The third-order valence-corrected chi connectivity index (χ3v) is 6.38. The normalized spacial score (nSPS) is 14.8. The number of morpholine rings is 1. The minimum absolute atomic E-state index is 0.101. The Hall–Kier alpha value is -3.57. The number of unbranched alkanes of at least 4 members (excludes halogenated alkanes) is 2. The van der Waals surface area contributed by atoms with E-state index in [0.717, 1.165) is 42.1 Å². The number of ether oxygens (including phenoxy) is 1. The van der Waals surface area contributed by atoms with E-state index in [1.54, 1.807) is 0 Å². The van der Waals surface area contributed by atoms with Crippen LogP contribution in [-0.2, 0) is 14.3 Å². The first-order valence-corrected chi connectivity index (χ1v) is 12.8. The summed E-state index contributed by atoms with van der Waals surface area (Å²) in [5.41, 5.74) is 8.06. The van der Waals surface area contributed by atoms with E-state index in [2.05, 4.69) is 29.0 Å². The SMILES string of the molecule is CC(C)n1cnc2c(N3CCOCC3)nc(-c3cccc(NC(=O)CCCCCC(O)C(N)=O)c3)nc21. The second-order valence-electron chi connectivity index (χ2n) is 9.53. The Morgan fingerprint density at radius 3 is 2.68 bits per heavy atom. The zero-order valence-electron chi connectivity index (χ0n) is 21.4. The van der Waals surface area contributed by atoms with Crippen molar-refractivity contribution in [2.75, 3.05) is 36.5 Å². The Kier molecular flexibility index (Phi) is 8.67. The molecule has 198 valence electrons. The van der Waals surface area contributed by atoms with Gasteiger partial charge in [-0.2, -0.15) is 0 Å². The number of aromatic nitrogens is 4. The van der Waals surface area contributed by atoms with Crippen LogP contribution in [0.25, 0.3) is 22.6 Å². The van der Waals surface area contributed by atoms with Gasteiger partial charge >= 0.3 is 0 Å². The van der Waals surface area contributed by atoms with E-state index in [0.29, 0.717) is 50.4 Å². The summed E-state index contributed by atoms with van der Waals surface area (Å²) >= 11 is 0. The first-order valence-electron chi connectivity index (χ1n) is 12.8. The number of fused-ring (bicyclic) bond motifs is 1. The lowest BCUT2D eigenvalue weighted by molar-refractivity contribution is -0.126. The van der Waals surface area contributed by atoms with E-state index >= 15 is 0 Å². The van der Waals surface area contributed by atoms with Crippen LogP contribution < -0.4 is 16.0 Å². The molecule has 37 heavy (non-hydrogen) atoms. The van der Waals surface area contributed by atoms with Crippen LogP contribution in [0.5, 0.6) is 0 Å². The molecule has 4 rings (SSSR count). The van der Waals surface area contributed by atoms with Crippen LogP contribution in [0.1, 0.15) is 52.0 Å². The van der Waals surface area contributed by atoms with E-state index in [1.165, 1.54) is 0 Å². The van der Waals surface area contributed by atoms with E-state index in [1.807, 2.05) is 35.2 Å². The molecule has 1 aliphatic heterocycles. The number of carbonyl (C=O) groups excluding carboxylic acids is 2. The fourth-order valence-corrected chi connectivity index (χ4v) is 4.31. The van der Waals surface area contributed by atoms with Gasteiger partial charge < -0.3 is 30.4 Å². The van der Waals surface area contributed by atoms with Gasteiger partial charge in [-0.1, -0.05) is 25.0 Å². The number of nitrogens with two attached hydrogens (primary N) is 1. The van der Waals surface area contributed by atoms with Gasteiger partial charge in [0.15, 0.2) is 22.8 Å². The fraction of sp³-hybridized carbons (Fsp3) is 0.500. The summed E-state index contributed by atoms with van der Waals surface area (Å²) in [6.45, 7) is 6.92. The highest BCUT2D eigenvalue weighted by molar-refractivity contribution is 5.91. The number of imidazole rings is 1. The second-order valence-corrected chi connectivity index (χ2v) is 9.53. The standard InChI is InChI=1S/C26H35N7O4/c1-17(2)33-16-28-22-25(32-11-13-37-14-12-32)30-24(31-26(22)33)18-7-6-8-19(15-18)29-21(35)10-5-3-4-9-20(34)23(27)36/h6-8,15-17,20,34H,3-5,9-14H2,1-2H3,(H2,27,36)(H,29,35). The van der Waals surface area contributed by atoms with Crippen molar-refractivity contribution in [1.82, 2.24) is 19.5 Å². The van der Waals surface area contributed by atoms with Gasteiger partial charge in [0.1, 0.15) is 6.10 Å². The summed E-state index contributed by atoms with van der Waals surface area (Å²) in [7, 11) is 0. The first-order chi connectivity index (χ1) is 17.8. The quantitative estimate of drug-likeness (QED) is 0.334. The number of primary amides is 1. The minimum Gasteiger partial charge on any atom is -0.383 e. The average Bonchev–Trinajstić information content (AvgIpc) is 3.33. The topological polar surface area (TPSA) is 148 Å². The third-order valence-electron chi connectivity index (χ3n) is 6.38. The molecule has 1 atom stereocenters. The maximum atomic E-state index is 12.5. The molecule has 0 bridgehead atoms. The Balaban J connectivity index is 1.49. The van der Waals surface area contributed by atoms with E-state index in [9.17, 15) is 14.7 Å². The lowest BCUT2D eigenvalue weighted by atomic mass is 10.1. The average molecular weight is 510 g/mol. The number of anilines is 2. The number of aliphatic hydroxyl groups excluding tert-OH is 1. The third kappa shape index (κ3) is 6.60. The summed E-state index contributed by atoms with van der Waals surface area (Å²) in [6, 6.07) is 7.71. The Labute approximate surface area is 216 Å². The maximum Gasteiger partial charge on any atom is 0.246 e. The monoisotopic (exact) mass is 509 g/mol. The van der Waals surface area contributed by atoms with Gasteiger partial charge in [-0.3, -0.25) is 9.59 Å². The molecule has 1 saturated heterocycles. The lowest BCUT2D eigenvalue weighted by Gasteiger charge is -2.28. The van der Waals surface area contributed by atoms with E-state index in [4.69, 9.17) is 20.4 Å². The largest absolute Gasteiger partial charge is 0.383 e. The molecule has 1 aliphatic rings. The van der Waals surface area contributed by atoms with Crippen molar-refractivity contribution in [2.24, 2.45) is 5.73 Å². The van der Waals surface area contributed by atoms with E-state index < -0.39 is 12.0 Å². The van der Waals surface area contributed by atoms with Crippen molar-refractivity contribution in [3.8, 4) is 11.4 Å². The lowest BCUT2D eigenvalue weighted by Crippen LogP contribution is -2.37. The number of hydrogen-bond acceptors (Lipinski definition) is 8. The molecule has 11 nitrogen and oxygen atoms in total. The maximum absolute atomic E-state index is 12.5. The highest BCUT2D eigenvalue weighted by Crippen LogP contribution is 2.29. The Morgan fingerprint density at radius 1 is 1.16 bits per heavy atom. The molecule has 0 radical (unpaired) electrons. The smallest absolute Gasteiger partial charge is 0.246 e. The molecule has 0 saturated carbocycles. The number of nitrogens with one attached hydrogen (secondary N) is 1. The molecule has 0 spiro atoms. The summed E-state index contributed by atoms with van der Waals surface area (Å²) in [5, 5.41) is 12.4. The zero-order chi connectivity index (χ0) is 26.4. The predicted octanol–water partition coefficient (Wildman–Crippen LogP) is 2.65. The van der Waals surface area contributed by atoms with Crippen molar-refractivity contribution in [1.29, 1.82) is 0 Å². The van der Waals surface area contributed by atoms with Gasteiger partial charge in [-0.25, -0.2) is 15.0 Å². The number of rotatable bonds is 11.